The third kappa shape index (κ3) is 5.79. The Hall–Kier alpha value is -3.60. The number of rotatable bonds is 8. The smallest absolute Gasteiger partial charge is 0.280 e. The summed E-state index contributed by atoms with van der Waals surface area (Å²) in [5.41, 5.74) is 2.98. The van der Waals surface area contributed by atoms with Crippen molar-refractivity contribution in [1.29, 1.82) is 0 Å². The first-order chi connectivity index (χ1) is 19.3. The van der Waals surface area contributed by atoms with Gasteiger partial charge in [-0.2, -0.15) is 14.4 Å². The van der Waals surface area contributed by atoms with Gasteiger partial charge in [0, 0.05) is 18.2 Å². The number of hydrogen-bond donors (Lipinski definition) is 0. The summed E-state index contributed by atoms with van der Waals surface area (Å²) in [7, 11) is -2.06. The second-order valence-electron chi connectivity index (χ2n) is 9.80. The van der Waals surface area contributed by atoms with Gasteiger partial charge in [-0.1, -0.05) is 54.5 Å². The van der Waals surface area contributed by atoms with E-state index in [1.165, 1.54) is 28.5 Å². The van der Waals surface area contributed by atoms with E-state index in [0.29, 0.717) is 23.0 Å². The first kappa shape index (κ1) is 27.9. The van der Waals surface area contributed by atoms with Crippen LogP contribution in [0.3, 0.4) is 0 Å². The Morgan fingerprint density at radius 2 is 1.88 bits per heavy atom. The molecular weight excluding hydrogens is 544 g/mol. The number of methoxy groups -OCH3 is 1. The number of sulfonamides is 1. The van der Waals surface area contributed by atoms with Gasteiger partial charge in [0.1, 0.15) is 5.75 Å². The van der Waals surface area contributed by atoms with Crippen molar-refractivity contribution < 1.29 is 17.9 Å². The molecule has 0 saturated carbocycles. The van der Waals surface area contributed by atoms with Crippen molar-refractivity contribution in [2.24, 2.45) is 5.10 Å². The minimum absolute atomic E-state index is 0.00400. The molecular formula is C30H32N4O4S2. The zero-order valence-corrected chi connectivity index (χ0v) is 24.4. The summed E-state index contributed by atoms with van der Waals surface area (Å²) < 4.78 is 34.6. The van der Waals surface area contributed by atoms with E-state index in [0.717, 1.165) is 47.0 Å². The second-order valence-corrected chi connectivity index (χ2v) is 12.7. The SMILES string of the molecule is CCC1CCCCN1S(=O)(=O)c1ccc(C(=O)N(/N=C/c2ccc(C)cc2)c2nc3ccc(OC)cc3s2)cc1. The Bertz CT molecular complexity index is 1630. The molecule has 4 aromatic rings. The van der Waals surface area contributed by atoms with Crippen molar-refractivity contribution in [3.63, 3.8) is 0 Å². The first-order valence-electron chi connectivity index (χ1n) is 13.3. The van der Waals surface area contributed by atoms with E-state index in [2.05, 4.69) is 10.1 Å². The first-order valence-corrected chi connectivity index (χ1v) is 15.6. The van der Waals surface area contributed by atoms with Crippen LogP contribution in [0.15, 0.2) is 76.7 Å². The van der Waals surface area contributed by atoms with E-state index < -0.39 is 15.9 Å². The van der Waals surface area contributed by atoms with Gasteiger partial charge in [0.2, 0.25) is 15.2 Å². The molecule has 1 unspecified atom stereocenters. The van der Waals surface area contributed by atoms with Crippen molar-refractivity contribution in [3.05, 3.63) is 83.4 Å². The summed E-state index contributed by atoms with van der Waals surface area (Å²) in [5, 5.41) is 6.18. The van der Waals surface area contributed by atoms with Crippen LogP contribution >= 0.6 is 11.3 Å². The average molecular weight is 577 g/mol. The average Bonchev–Trinajstić information content (AvgIpc) is 3.41. The van der Waals surface area contributed by atoms with Crippen molar-refractivity contribution in [2.75, 3.05) is 18.7 Å². The number of nitrogens with zero attached hydrogens (tertiary/aromatic N) is 4. The summed E-state index contributed by atoms with van der Waals surface area (Å²) in [5.74, 6) is 0.280. The predicted molar refractivity (Wildman–Crippen MR) is 160 cm³/mol. The summed E-state index contributed by atoms with van der Waals surface area (Å²) in [6.45, 7) is 4.54. The summed E-state index contributed by atoms with van der Waals surface area (Å²) in [6.07, 6.45) is 5.15. The number of hydrazone groups is 1. The van der Waals surface area contributed by atoms with Crippen LogP contribution in [0.4, 0.5) is 5.13 Å². The molecule has 40 heavy (non-hydrogen) atoms. The molecule has 1 atom stereocenters. The van der Waals surface area contributed by atoms with Gasteiger partial charge in [0.15, 0.2) is 0 Å². The number of aromatic nitrogens is 1. The second kappa shape index (κ2) is 11.9. The Kier molecular flexibility index (Phi) is 8.30. The van der Waals surface area contributed by atoms with Crippen LogP contribution in [0.5, 0.6) is 5.75 Å². The molecule has 0 bridgehead atoms. The minimum atomic E-state index is -3.66. The molecule has 2 heterocycles. The number of benzene rings is 3. The van der Waals surface area contributed by atoms with Gasteiger partial charge in [0.05, 0.1) is 28.4 Å². The van der Waals surface area contributed by atoms with E-state index >= 15 is 0 Å². The predicted octanol–water partition coefficient (Wildman–Crippen LogP) is 6.25. The van der Waals surface area contributed by atoms with Gasteiger partial charge in [-0.05, 0) is 74.2 Å². The van der Waals surface area contributed by atoms with Crippen molar-refractivity contribution in [1.82, 2.24) is 9.29 Å². The zero-order valence-electron chi connectivity index (χ0n) is 22.8. The molecule has 1 saturated heterocycles. The fourth-order valence-corrected chi connectivity index (χ4v) is 7.52. The highest BCUT2D eigenvalue weighted by atomic mass is 32.2. The van der Waals surface area contributed by atoms with Gasteiger partial charge in [-0.25, -0.2) is 13.4 Å². The molecule has 0 radical (unpaired) electrons. The Labute approximate surface area is 239 Å². The Morgan fingerprint density at radius 3 is 2.58 bits per heavy atom. The number of aryl methyl sites for hydroxylation is 1. The van der Waals surface area contributed by atoms with E-state index in [-0.39, 0.29) is 10.9 Å². The molecule has 1 aliphatic rings. The molecule has 1 amide bonds. The quantitative estimate of drug-likeness (QED) is 0.183. The molecule has 0 spiro atoms. The van der Waals surface area contributed by atoms with Gasteiger partial charge in [-0.15, -0.1) is 0 Å². The van der Waals surface area contributed by atoms with Crippen LogP contribution < -0.4 is 9.75 Å². The van der Waals surface area contributed by atoms with Crippen LogP contribution in [0.1, 0.15) is 54.1 Å². The number of amides is 1. The highest BCUT2D eigenvalue weighted by molar-refractivity contribution is 7.89. The largest absolute Gasteiger partial charge is 0.497 e. The van der Waals surface area contributed by atoms with Crippen LogP contribution in [0.2, 0.25) is 0 Å². The standard InChI is InChI=1S/C30H32N4O4S2/c1-4-24-7-5-6-18-33(24)40(36,37)26-15-12-23(13-16-26)29(35)34(31-20-22-10-8-21(2)9-11-22)30-32-27-17-14-25(38-3)19-28(27)39-30/h8-17,19-20,24H,4-7,18H2,1-3H3/b31-20+. The van der Waals surface area contributed by atoms with E-state index in [1.54, 1.807) is 29.8 Å². The fourth-order valence-electron chi connectivity index (χ4n) is 4.80. The molecule has 5 rings (SSSR count). The zero-order chi connectivity index (χ0) is 28.3. The maximum atomic E-state index is 13.8. The van der Waals surface area contributed by atoms with Crippen molar-refractivity contribution >= 4 is 48.8 Å². The molecule has 8 nitrogen and oxygen atoms in total. The highest BCUT2D eigenvalue weighted by Gasteiger charge is 2.32. The highest BCUT2D eigenvalue weighted by Crippen LogP contribution is 2.33. The number of ether oxygens (including phenoxy) is 1. The summed E-state index contributed by atoms with van der Waals surface area (Å²) in [4.78, 5) is 18.6. The lowest BCUT2D eigenvalue weighted by molar-refractivity contribution is 0.0987. The van der Waals surface area contributed by atoms with E-state index in [4.69, 9.17) is 4.74 Å². The molecule has 1 aliphatic heterocycles. The van der Waals surface area contributed by atoms with Crippen molar-refractivity contribution in [2.45, 2.75) is 50.5 Å². The molecule has 10 heteroatoms. The maximum Gasteiger partial charge on any atom is 0.280 e. The topological polar surface area (TPSA) is 92.2 Å². The van der Waals surface area contributed by atoms with Crippen LogP contribution in [0.25, 0.3) is 10.2 Å². The van der Waals surface area contributed by atoms with Gasteiger partial charge >= 0.3 is 0 Å². The van der Waals surface area contributed by atoms with Crippen LogP contribution in [0, 0.1) is 6.92 Å². The number of fused-ring (bicyclic) bond motifs is 1. The molecule has 3 aromatic carbocycles. The Morgan fingerprint density at radius 1 is 1.12 bits per heavy atom. The normalized spacial score (nSPS) is 16.4. The minimum Gasteiger partial charge on any atom is -0.497 e. The van der Waals surface area contributed by atoms with Crippen molar-refractivity contribution in [3.8, 4) is 5.75 Å². The lowest BCUT2D eigenvalue weighted by atomic mass is 10.0. The molecule has 1 aromatic heterocycles. The third-order valence-electron chi connectivity index (χ3n) is 7.11. The fraction of sp³-hybridized carbons (Fsp3) is 0.300. The number of anilines is 1. The molecule has 1 fully saturated rings. The van der Waals surface area contributed by atoms with E-state index in [9.17, 15) is 13.2 Å². The molecule has 0 N–H and O–H groups in total. The molecule has 0 aliphatic carbocycles. The molecule has 208 valence electrons. The van der Waals surface area contributed by atoms with Gasteiger partial charge < -0.3 is 4.74 Å². The summed E-state index contributed by atoms with van der Waals surface area (Å²) >= 11 is 1.32. The number of carbonyl (C=O) groups is 1. The Balaban J connectivity index is 1.47. The lowest BCUT2D eigenvalue weighted by Crippen LogP contribution is -2.43. The third-order valence-corrected chi connectivity index (χ3v) is 10.1. The maximum absolute atomic E-state index is 13.8. The van der Waals surface area contributed by atoms with Gasteiger partial charge in [-0.3, -0.25) is 4.79 Å². The number of carbonyl (C=O) groups excluding carboxylic acids is 1. The summed E-state index contributed by atoms with van der Waals surface area (Å²) in [6, 6.07) is 19.4. The number of piperidine rings is 1. The van der Waals surface area contributed by atoms with Gasteiger partial charge in [0.25, 0.3) is 5.91 Å². The lowest BCUT2D eigenvalue weighted by Gasteiger charge is -2.34. The number of hydrogen-bond acceptors (Lipinski definition) is 7. The van der Waals surface area contributed by atoms with Crippen LogP contribution in [-0.4, -0.2) is 49.5 Å². The number of thiazole rings is 1. The van der Waals surface area contributed by atoms with Crippen LogP contribution in [-0.2, 0) is 10.0 Å². The van der Waals surface area contributed by atoms with E-state index in [1.807, 2.05) is 56.3 Å². The monoisotopic (exact) mass is 576 g/mol.